The van der Waals surface area contributed by atoms with Gasteiger partial charge in [-0.2, -0.15) is 0 Å². The number of rotatable bonds is 6. The molecule has 1 rings (SSSR count). The molecule has 0 spiro atoms. The third kappa shape index (κ3) is 5.23. The Balaban J connectivity index is 2.46. The molecule has 0 saturated heterocycles. The third-order valence-electron chi connectivity index (χ3n) is 2.28. The zero-order chi connectivity index (χ0) is 13.4. The van der Waals surface area contributed by atoms with E-state index in [9.17, 15) is 9.59 Å². The van der Waals surface area contributed by atoms with Gasteiger partial charge in [-0.05, 0) is 30.5 Å². The first kappa shape index (κ1) is 14.6. The quantitative estimate of drug-likeness (QED) is 0.587. The Labute approximate surface area is 111 Å². The molecule has 0 heterocycles. The number of esters is 1. The van der Waals surface area contributed by atoms with E-state index in [1.165, 1.54) is 26.0 Å². The Morgan fingerprint density at radius 2 is 1.94 bits per heavy atom. The van der Waals surface area contributed by atoms with Crippen molar-refractivity contribution in [2.75, 3.05) is 13.7 Å². The van der Waals surface area contributed by atoms with Crippen molar-refractivity contribution in [1.82, 2.24) is 4.31 Å². The van der Waals surface area contributed by atoms with Crippen molar-refractivity contribution >= 4 is 23.8 Å². The lowest BCUT2D eigenvalue weighted by atomic mass is 10.3. The van der Waals surface area contributed by atoms with Gasteiger partial charge in [0, 0.05) is 24.8 Å². The summed E-state index contributed by atoms with van der Waals surface area (Å²) in [6, 6.07) is 9.67. The van der Waals surface area contributed by atoms with Gasteiger partial charge in [0.1, 0.15) is 0 Å². The molecule has 0 aromatic heterocycles. The van der Waals surface area contributed by atoms with E-state index in [0.717, 1.165) is 4.90 Å². The maximum atomic E-state index is 11.5. The third-order valence-corrected chi connectivity index (χ3v) is 3.42. The Morgan fingerprint density at radius 1 is 1.28 bits per heavy atom. The second kappa shape index (κ2) is 7.76. The summed E-state index contributed by atoms with van der Waals surface area (Å²) in [6.45, 7) is 2.05. The molecule has 1 aromatic rings. The van der Waals surface area contributed by atoms with Crippen LogP contribution in [-0.2, 0) is 14.3 Å². The van der Waals surface area contributed by atoms with E-state index < -0.39 is 0 Å². The van der Waals surface area contributed by atoms with Crippen molar-refractivity contribution in [3.05, 3.63) is 30.3 Å². The second-order valence-corrected chi connectivity index (χ2v) is 4.80. The van der Waals surface area contributed by atoms with Crippen molar-refractivity contribution in [3.8, 4) is 0 Å². The Hall–Kier alpha value is -1.49. The van der Waals surface area contributed by atoms with E-state index in [0.29, 0.717) is 19.4 Å². The minimum absolute atomic E-state index is 0.0197. The first-order valence-electron chi connectivity index (χ1n) is 5.71. The molecule has 18 heavy (non-hydrogen) atoms. The zero-order valence-electron chi connectivity index (χ0n) is 10.6. The summed E-state index contributed by atoms with van der Waals surface area (Å²) in [7, 11) is 1.36. The smallest absolute Gasteiger partial charge is 0.305 e. The molecule has 0 aliphatic rings. The SMILES string of the molecule is COC(=O)CCCN(Sc1ccccc1)C(C)=O. The summed E-state index contributed by atoms with van der Waals surface area (Å²) in [5.41, 5.74) is 0. The summed E-state index contributed by atoms with van der Waals surface area (Å²) in [4.78, 5) is 23.5. The summed E-state index contributed by atoms with van der Waals surface area (Å²) in [5.74, 6) is -0.267. The van der Waals surface area contributed by atoms with Crippen molar-refractivity contribution in [3.63, 3.8) is 0 Å². The number of benzene rings is 1. The topological polar surface area (TPSA) is 46.6 Å². The van der Waals surface area contributed by atoms with Gasteiger partial charge in [0.25, 0.3) is 0 Å². The molecular weight excluding hydrogens is 250 g/mol. The van der Waals surface area contributed by atoms with Crippen LogP contribution < -0.4 is 0 Å². The molecule has 0 N–H and O–H groups in total. The molecule has 98 valence electrons. The molecule has 0 radical (unpaired) electrons. The maximum Gasteiger partial charge on any atom is 0.305 e. The second-order valence-electron chi connectivity index (χ2n) is 3.71. The summed E-state index contributed by atoms with van der Waals surface area (Å²) in [5, 5.41) is 0. The lowest BCUT2D eigenvalue weighted by molar-refractivity contribution is -0.141. The van der Waals surface area contributed by atoms with E-state index >= 15 is 0 Å². The van der Waals surface area contributed by atoms with Crippen LogP contribution in [0.2, 0.25) is 0 Å². The molecule has 0 saturated carbocycles. The van der Waals surface area contributed by atoms with Gasteiger partial charge in [-0.25, -0.2) is 0 Å². The van der Waals surface area contributed by atoms with E-state index in [-0.39, 0.29) is 11.9 Å². The fraction of sp³-hybridized carbons (Fsp3) is 0.385. The highest BCUT2D eigenvalue weighted by Gasteiger charge is 2.11. The van der Waals surface area contributed by atoms with Gasteiger partial charge in [-0.1, -0.05) is 18.2 Å². The van der Waals surface area contributed by atoms with Gasteiger partial charge in [0.2, 0.25) is 5.91 Å². The van der Waals surface area contributed by atoms with Gasteiger partial charge in [-0.3, -0.25) is 13.9 Å². The summed E-state index contributed by atoms with van der Waals surface area (Å²) >= 11 is 1.39. The van der Waals surface area contributed by atoms with Crippen molar-refractivity contribution in [1.29, 1.82) is 0 Å². The number of amides is 1. The van der Waals surface area contributed by atoms with Crippen LogP contribution in [0.15, 0.2) is 35.2 Å². The minimum atomic E-state index is -0.247. The molecule has 1 aromatic carbocycles. The fourth-order valence-electron chi connectivity index (χ4n) is 1.35. The Bertz CT molecular complexity index is 394. The summed E-state index contributed by atoms with van der Waals surface area (Å²) in [6.07, 6.45) is 0.932. The van der Waals surface area contributed by atoms with Crippen LogP contribution in [0.5, 0.6) is 0 Å². The predicted molar refractivity (Wildman–Crippen MR) is 70.9 cm³/mol. The lowest BCUT2D eigenvalue weighted by Crippen LogP contribution is -2.23. The highest BCUT2D eigenvalue weighted by Crippen LogP contribution is 2.22. The van der Waals surface area contributed by atoms with Gasteiger partial charge in [0.15, 0.2) is 0 Å². The minimum Gasteiger partial charge on any atom is -0.469 e. The molecule has 0 aliphatic heterocycles. The zero-order valence-corrected chi connectivity index (χ0v) is 11.4. The van der Waals surface area contributed by atoms with Gasteiger partial charge in [-0.15, -0.1) is 0 Å². The molecule has 4 nitrogen and oxygen atoms in total. The average molecular weight is 267 g/mol. The monoisotopic (exact) mass is 267 g/mol. The number of hydrogen-bond acceptors (Lipinski definition) is 4. The van der Waals surface area contributed by atoms with Crippen LogP contribution in [0.25, 0.3) is 0 Å². The summed E-state index contributed by atoms with van der Waals surface area (Å²) < 4.78 is 6.21. The fourth-order valence-corrected chi connectivity index (χ4v) is 2.23. The van der Waals surface area contributed by atoms with Gasteiger partial charge in [0.05, 0.1) is 7.11 Å². The van der Waals surface area contributed by atoms with Crippen LogP contribution in [0.4, 0.5) is 0 Å². The average Bonchev–Trinajstić information content (AvgIpc) is 2.38. The van der Waals surface area contributed by atoms with Crippen LogP contribution >= 0.6 is 11.9 Å². The number of nitrogens with zero attached hydrogens (tertiary/aromatic N) is 1. The highest BCUT2D eigenvalue weighted by atomic mass is 32.2. The molecule has 5 heteroatoms. The van der Waals surface area contributed by atoms with Gasteiger partial charge >= 0.3 is 5.97 Å². The van der Waals surface area contributed by atoms with Crippen LogP contribution in [0.1, 0.15) is 19.8 Å². The van der Waals surface area contributed by atoms with Crippen molar-refractivity contribution < 1.29 is 14.3 Å². The van der Waals surface area contributed by atoms with Crippen LogP contribution in [0.3, 0.4) is 0 Å². The predicted octanol–water partition coefficient (Wildman–Crippen LogP) is 2.50. The number of carbonyl (C=O) groups excluding carboxylic acids is 2. The van der Waals surface area contributed by atoms with E-state index in [1.54, 1.807) is 4.31 Å². The van der Waals surface area contributed by atoms with Crippen LogP contribution in [0, 0.1) is 0 Å². The van der Waals surface area contributed by atoms with Crippen molar-refractivity contribution in [2.45, 2.75) is 24.7 Å². The molecule has 0 aliphatic carbocycles. The molecule has 0 fully saturated rings. The van der Waals surface area contributed by atoms with Crippen molar-refractivity contribution in [2.24, 2.45) is 0 Å². The normalized spacial score (nSPS) is 9.89. The highest BCUT2D eigenvalue weighted by molar-refractivity contribution is 7.97. The molecular formula is C13H17NO3S. The molecule has 1 amide bonds. The molecule has 0 unspecified atom stereocenters. The number of hydrogen-bond donors (Lipinski definition) is 0. The Kier molecular flexibility index (Phi) is 6.28. The van der Waals surface area contributed by atoms with E-state index in [4.69, 9.17) is 0 Å². The molecule has 0 bridgehead atoms. The van der Waals surface area contributed by atoms with Crippen LogP contribution in [-0.4, -0.2) is 29.8 Å². The lowest BCUT2D eigenvalue weighted by Gasteiger charge is -2.19. The largest absolute Gasteiger partial charge is 0.469 e. The first-order valence-corrected chi connectivity index (χ1v) is 6.48. The first-order chi connectivity index (χ1) is 8.63. The van der Waals surface area contributed by atoms with E-state index in [2.05, 4.69) is 4.74 Å². The standard InChI is InChI=1S/C13H17NO3S/c1-11(15)14(10-6-9-13(16)17-2)18-12-7-4-3-5-8-12/h3-5,7-8H,6,9-10H2,1-2H3. The number of ether oxygens (including phenoxy) is 1. The maximum absolute atomic E-state index is 11.5. The van der Waals surface area contributed by atoms with Gasteiger partial charge < -0.3 is 4.74 Å². The van der Waals surface area contributed by atoms with E-state index in [1.807, 2.05) is 30.3 Å². The Morgan fingerprint density at radius 3 is 2.50 bits per heavy atom. The number of carbonyl (C=O) groups is 2. The number of methoxy groups -OCH3 is 1. The molecule has 0 atom stereocenters.